The van der Waals surface area contributed by atoms with Crippen molar-refractivity contribution in [2.45, 2.75) is 169 Å². The molecule has 306 valence electrons. The maximum atomic E-state index is 4.16. The standard InChI is InChI=1S/C51H80NP2Si2/c1-10-16-36-55(37-17-11-2,38-18-12-3)46-32-30-45(31-33-46)54(52-9,51-29-25-23-27-44(51)8)53-50-35-34-47(42-49(50)48-28-24-22-26-43(48)7)56(39-19-13-4,40-20-14-5)41-21-15-6/h22-35,42,52-53H,10-21,36-41H2,1-9H3/q+1. The topological polar surface area (TPSA) is 12.0 Å². The minimum Gasteiger partial charge on any atom is -0.184 e. The normalized spacial score (nSPS) is 13.4. The van der Waals surface area contributed by atoms with Crippen molar-refractivity contribution < 1.29 is 0 Å². The molecule has 0 spiro atoms. The molecule has 0 radical (unpaired) electrons. The van der Waals surface area contributed by atoms with Gasteiger partial charge >= 0.3 is 0 Å². The van der Waals surface area contributed by atoms with E-state index in [0.29, 0.717) is 8.27 Å². The van der Waals surface area contributed by atoms with Crippen molar-refractivity contribution in [1.29, 1.82) is 0 Å². The van der Waals surface area contributed by atoms with Crippen LogP contribution in [0.4, 0.5) is 0 Å². The van der Waals surface area contributed by atoms with Gasteiger partial charge in [-0.25, -0.2) is 0 Å². The summed E-state index contributed by atoms with van der Waals surface area (Å²) in [6, 6.07) is 45.7. The molecule has 0 heterocycles. The lowest BCUT2D eigenvalue weighted by Crippen LogP contribution is -2.48. The van der Waals surface area contributed by atoms with E-state index in [0.717, 1.165) is 0 Å². The van der Waals surface area contributed by atoms with Gasteiger partial charge in [0.25, 0.3) is 0 Å². The van der Waals surface area contributed by atoms with Crippen molar-refractivity contribution >= 4 is 57.8 Å². The molecular weight excluding hydrogens is 745 g/mol. The summed E-state index contributed by atoms with van der Waals surface area (Å²) in [5.74, 6) is 0. The quantitative estimate of drug-likeness (QED) is 0.0491. The van der Waals surface area contributed by atoms with E-state index in [4.69, 9.17) is 0 Å². The van der Waals surface area contributed by atoms with E-state index in [1.165, 1.54) is 151 Å². The van der Waals surface area contributed by atoms with E-state index < -0.39 is 23.2 Å². The van der Waals surface area contributed by atoms with Gasteiger partial charge < -0.3 is 0 Å². The maximum Gasteiger partial charge on any atom is 0.165 e. The van der Waals surface area contributed by atoms with Crippen LogP contribution in [0.3, 0.4) is 0 Å². The van der Waals surface area contributed by atoms with E-state index in [1.807, 2.05) is 0 Å². The van der Waals surface area contributed by atoms with Gasteiger partial charge in [0.15, 0.2) is 7.10 Å². The molecule has 0 amide bonds. The summed E-state index contributed by atoms with van der Waals surface area (Å²) in [4.78, 5) is 0. The fourth-order valence-corrected chi connectivity index (χ4v) is 28.1. The molecule has 1 N–H and O–H groups in total. The van der Waals surface area contributed by atoms with E-state index in [1.54, 1.807) is 10.4 Å². The molecule has 2 atom stereocenters. The summed E-state index contributed by atoms with van der Waals surface area (Å²) in [5.41, 5.74) is 5.72. The minimum atomic E-state index is -2.04. The fraction of sp³-hybridized carbons (Fsp3) is 0.529. The summed E-state index contributed by atoms with van der Waals surface area (Å²) in [6.45, 7) is 19.0. The Bertz CT molecular complexity index is 1690. The lowest BCUT2D eigenvalue weighted by molar-refractivity contribution is 0.800. The van der Waals surface area contributed by atoms with Crippen LogP contribution in [0.1, 0.15) is 130 Å². The second-order valence-electron chi connectivity index (χ2n) is 17.1. The average Bonchev–Trinajstić information content (AvgIpc) is 3.23. The molecule has 0 aliphatic carbocycles. The molecule has 56 heavy (non-hydrogen) atoms. The highest BCUT2D eigenvalue weighted by molar-refractivity contribution is 8.39. The number of hydrogen-bond acceptors (Lipinski definition) is 1. The van der Waals surface area contributed by atoms with Crippen molar-refractivity contribution in [3.05, 3.63) is 102 Å². The second kappa shape index (κ2) is 23.7. The molecule has 0 aliphatic rings. The van der Waals surface area contributed by atoms with Gasteiger partial charge in [-0.05, 0) is 54.3 Å². The number of hydrogen-bond donors (Lipinski definition) is 1. The summed E-state index contributed by atoms with van der Waals surface area (Å²) in [5, 5.41) is 12.2. The zero-order valence-corrected chi connectivity index (χ0v) is 41.2. The van der Waals surface area contributed by atoms with Gasteiger partial charge in [-0.15, -0.1) is 0 Å². The van der Waals surface area contributed by atoms with Crippen LogP contribution >= 0.6 is 15.4 Å². The molecule has 4 aromatic rings. The summed E-state index contributed by atoms with van der Waals surface area (Å²) in [6.07, 6.45) is 16.0. The summed E-state index contributed by atoms with van der Waals surface area (Å²) in [7, 11) is -2.45. The molecule has 0 aromatic heterocycles. The Morgan fingerprint density at radius 1 is 0.482 bits per heavy atom. The van der Waals surface area contributed by atoms with E-state index in [-0.39, 0.29) is 0 Å². The van der Waals surface area contributed by atoms with Crippen molar-refractivity contribution in [2.75, 3.05) is 7.05 Å². The first-order valence-electron chi connectivity index (χ1n) is 23.0. The number of benzene rings is 4. The van der Waals surface area contributed by atoms with Gasteiger partial charge in [0.1, 0.15) is 18.9 Å². The van der Waals surface area contributed by atoms with Crippen LogP contribution in [-0.2, 0) is 0 Å². The van der Waals surface area contributed by atoms with Gasteiger partial charge in [0.2, 0.25) is 0 Å². The van der Waals surface area contributed by atoms with Gasteiger partial charge in [0.05, 0.1) is 16.1 Å². The van der Waals surface area contributed by atoms with Crippen molar-refractivity contribution in [2.24, 2.45) is 0 Å². The highest BCUT2D eigenvalue weighted by Crippen LogP contribution is 2.68. The first kappa shape index (κ1) is 46.8. The maximum absolute atomic E-state index is 4.16. The molecule has 0 saturated carbocycles. The van der Waals surface area contributed by atoms with Crippen LogP contribution in [0.5, 0.6) is 0 Å². The van der Waals surface area contributed by atoms with Crippen LogP contribution in [-0.4, -0.2) is 23.2 Å². The van der Waals surface area contributed by atoms with Gasteiger partial charge in [-0.3, -0.25) is 0 Å². The number of rotatable bonds is 26. The zero-order chi connectivity index (χ0) is 40.4. The Labute approximate surface area is 350 Å². The predicted octanol–water partition coefficient (Wildman–Crippen LogP) is 14.1. The molecule has 1 nitrogen and oxygen atoms in total. The Morgan fingerprint density at radius 2 is 0.911 bits per heavy atom. The number of unbranched alkanes of at least 4 members (excludes halogenated alkanes) is 6. The number of nitrogens with one attached hydrogen (secondary N) is 1. The fourth-order valence-electron chi connectivity index (χ4n) is 9.50. The molecule has 0 saturated heterocycles. The monoisotopic (exact) mass is 825 g/mol. The van der Waals surface area contributed by atoms with Crippen molar-refractivity contribution in [3.8, 4) is 11.1 Å². The van der Waals surface area contributed by atoms with Gasteiger partial charge in [0, 0.05) is 12.4 Å². The summed E-state index contributed by atoms with van der Waals surface area (Å²) < 4.78 is 0. The second-order valence-corrected chi connectivity index (χ2v) is 32.6. The molecule has 0 bridgehead atoms. The molecular formula is C51H80NP2Si2+. The van der Waals surface area contributed by atoms with Gasteiger partial charge in [-0.2, -0.15) is 5.09 Å². The third-order valence-corrected chi connectivity index (χ3v) is 31.9. The highest BCUT2D eigenvalue weighted by Gasteiger charge is 2.45. The average molecular weight is 825 g/mol. The van der Waals surface area contributed by atoms with Crippen LogP contribution in [0.2, 0.25) is 36.3 Å². The highest BCUT2D eigenvalue weighted by atomic mass is 32.1. The third kappa shape index (κ3) is 11.4. The Morgan fingerprint density at radius 3 is 1.36 bits per heavy atom. The Balaban J connectivity index is 1.97. The smallest absolute Gasteiger partial charge is 0.165 e. The Kier molecular flexibility index (Phi) is 19.8. The molecule has 2 unspecified atom stereocenters. The molecule has 4 aromatic carbocycles. The van der Waals surface area contributed by atoms with Crippen LogP contribution in [0, 0.1) is 13.8 Å². The minimum absolute atomic E-state index is 0.632. The summed E-state index contributed by atoms with van der Waals surface area (Å²) >= 11 is 0. The zero-order valence-electron chi connectivity index (χ0n) is 37.3. The lowest BCUT2D eigenvalue weighted by atomic mass is 10.0. The van der Waals surface area contributed by atoms with Crippen molar-refractivity contribution in [3.63, 3.8) is 0 Å². The SMILES string of the molecule is CCCC[Si](CCCC)(CCCC)c1ccc([P+](NC)(Pc2ccc([Si](CCCC)(CCCC)CCCC)cc2-c2ccccc2C)c2ccccc2C)cc1. The molecule has 4 rings (SSSR count). The van der Waals surface area contributed by atoms with E-state index in [2.05, 4.69) is 159 Å². The molecule has 0 aliphatic heterocycles. The first-order valence-corrected chi connectivity index (χ1v) is 31.8. The lowest BCUT2D eigenvalue weighted by Gasteiger charge is -2.35. The largest absolute Gasteiger partial charge is 0.184 e. The molecule has 0 fully saturated rings. The van der Waals surface area contributed by atoms with Gasteiger partial charge in [-0.1, -0.05) is 238 Å². The van der Waals surface area contributed by atoms with E-state index in [9.17, 15) is 0 Å². The Hall–Kier alpha value is -1.87. The third-order valence-electron chi connectivity index (χ3n) is 13.1. The predicted molar refractivity (Wildman–Crippen MR) is 266 cm³/mol. The van der Waals surface area contributed by atoms with Crippen LogP contribution in [0.25, 0.3) is 11.1 Å². The van der Waals surface area contributed by atoms with Crippen LogP contribution in [0.15, 0.2) is 91.0 Å². The first-order chi connectivity index (χ1) is 27.2. The van der Waals surface area contributed by atoms with E-state index >= 15 is 0 Å². The van der Waals surface area contributed by atoms with Crippen LogP contribution < -0.4 is 31.4 Å². The van der Waals surface area contributed by atoms with Crippen molar-refractivity contribution in [1.82, 2.24) is 5.09 Å². The molecule has 5 heteroatoms. The number of aryl methyl sites for hydroxylation is 2.